The molecule has 0 radical (unpaired) electrons. The first-order chi connectivity index (χ1) is 7.65. The summed E-state index contributed by atoms with van der Waals surface area (Å²) in [5.41, 5.74) is -0.892. The van der Waals surface area contributed by atoms with E-state index in [1.165, 1.54) is 6.20 Å². The van der Waals surface area contributed by atoms with Crippen LogP contribution in [-0.4, -0.2) is 16.6 Å². The summed E-state index contributed by atoms with van der Waals surface area (Å²) in [5.74, 6) is 0.510. The molecule has 1 aromatic rings. The summed E-state index contributed by atoms with van der Waals surface area (Å²) in [6.07, 6.45) is 4.23. The van der Waals surface area contributed by atoms with Crippen molar-refractivity contribution in [2.75, 3.05) is 6.61 Å². The molecule has 0 bridgehead atoms. The lowest BCUT2D eigenvalue weighted by molar-refractivity contribution is -0.0762. The zero-order valence-electron chi connectivity index (χ0n) is 9.12. The summed E-state index contributed by atoms with van der Waals surface area (Å²) in [4.78, 5) is 18.2. The van der Waals surface area contributed by atoms with Gasteiger partial charge in [-0.15, -0.1) is 0 Å². The van der Waals surface area contributed by atoms with Crippen molar-refractivity contribution in [1.82, 2.24) is 9.97 Å². The first-order valence-corrected chi connectivity index (χ1v) is 5.29. The minimum Gasteiger partial charge on any atom is -0.367 e. The minimum atomic E-state index is -0.522. The molecule has 0 aliphatic carbocycles. The predicted octanol–water partition coefficient (Wildman–Crippen LogP) is 1.06. The maximum absolute atomic E-state index is 11.5. The number of ether oxygens (including phenoxy) is 1. The van der Waals surface area contributed by atoms with Gasteiger partial charge in [0.1, 0.15) is 23.1 Å². The molecule has 1 saturated heterocycles. The van der Waals surface area contributed by atoms with Crippen molar-refractivity contribution in [3.63, 3.8) is 0 Å². The first kappa shape index (κ1) is 10.8. The number of hydrogen-bond donors (Lipinski definition) is 1. The number of aromatic amines is 1. The number of nitrogens with one attached hydrogen (secondary N) is 1. The standard InChI is InChI=1S/C11H13N3O2/c1-11(4-2-3-5-16-11)10-13-7-8(6-12)9(15)14-10/h7H,2-5H2,1H3,(H,13,14,15). The second kappa shape index (κ2) is 4.06. The average molecular weight is 219 g/mol. The molecule has 1 atom stereocenters. The van der Waals surface area contributed by atoms with Gasteiger partial charge in [-0.25, -0.2) is 4.98 Å². The van der Waals surface area contributed by atoms with Crippen molar-refractivity contribution < 1.29 is 4.74 Å². The van der Waals surface area contributed by atoms with Crippen molar-refractivity contribution in [3.05, 3.63) is 27.9 Å². The minimum absolute atomic E-state index is 0.0307. The van der Waals surface area contributed by atoms with Crippen molar-refractivity contribution in [1.29, 1.82) is 5.26 Å². The molecule has 0 aromatic carbocycles. The monoisotopic (exact) mass is 219 g/mol. The van der Waals surface area contributed by atoms with Crippen LogP contribution in [0.1, 0.15) is 37.6 Å². The largest absolute Gasteiger partial charge is 0.367 e. The molecule has 1 aliphatic rings. The van der Waals surface area contributed by atoms with E-state index in [9.17, 15) is 4.79 Å². The van der Waals surface area contributed by atoms with Gasteiger partial charge < -0.3 is 9.72 Å². The zero-order chi connectivity index (χ0) is 11.6. The highest BCUT2D eigenvalue weighted by atomic mass is 16.5. The van der Waals surface area contributed by atoms with Gasteiger partial charge in [-0.2, -0.15) is 5.26 Å². The maximum atomic E-state index is 11.5. The summed E-state index contributed by atoms with van der Waals surface area (Å²) >= 11 is 0. The summed E-state index contributed by atoms with van der Waals surface area (Å²) in [6, 6.07) is 1.79. The number of rotatable bonds is 1. The Kier molecular flexibility index (Phi) is 2.75. The van der Waals surface area contributed by atoms with Crippen molar-refractivity contribution in [2.24, 2.45) is 0 Å². The number of aromatic nitrogens is 2. The van der Waals surface area contributed by atoms with Crippen molar-refractivity contribution >= 4 is 0 Å². The lowest BCUT2D eigenvalue weighted by atomic mass is 9.95. The Labute approximate surface area is 93.1 Å². The molecule has 5 nitrogen and oxygen atoms in total. The van der Waals surface area contributed by atoms with Crippen molar-refractivity contribution in [2.45, 2.75) is 31.8 Å². The van der Waals surface area contributed by atoms with Crippen LogP contribution >= 0.6 is 0 Å². The molecular weight excluding hydrogens is 206 g/mol. The van der Waals surface area contributed by atoms with Gasteiger partial charge in [0.25, 0.3) is 5.56 Å². The highest BCUT2D eigenvalue weighted by Gasteiger charge is 2.32. The van der Waals surface area contributed by atoms with E-state index in [4.69, 9.17) is 10.00 Å². The van der Waals surface area contributed by atoms with E-state index >= 15 is 0 Å². The average Bonchev–Trinajstić information content (AvgIpc) is 2.30. The molecular formula is C11H13N3O2. The quantitative estimate of drug-likeness (QED) is 0.765. The van der Waals surface area contributed by atoms with E-state index in [0.717, 1.165) is 19.3 Å². The van der Waals surface area contributed by atoms with E-state index in [1.807, 2.05) is 6.92 Å². The van der Waals surface area contributed by atoms with Gasteiger partial charge in [0.2, 0.25) is 0 Å². The van der Waals surface area contributed by atoms with Crippen LogP contribution in [-0.2, 0) is 10.3 Å². The summed E-state index contributed by atoms with van der Waals surface area (Å²) < 4.78 is 5.66. The van der Waals surface area contributed by atoms with E-state index in [1.54, 1.807) is 6.07 Å². The third-order valence-corrected chi connectivity index (χ3v) is 2.89. The lowest BCUT2D eigenvalue weighted by Gasteiger charge is -2.32. The Hall–Kier alpha value is -1.67. The first-order valence-electron chi connectivity index (χ1n) is 5.29. The Bertz CT molecular complexity index is 481. The molecule has 1 aliphatic heterocycles. The molecule has 0 saturated carbocycles. The highest BCUT2D eigenvalue weighted by Crippen LogP contribution is 2.31. The molecule has 2 rings (SSSR count). The Morgan fingerprint density at radius 3 is 3.00 bits per heavy atom. The van der Waals surface area contributed by atoms with Crippen LogP contribution in [0.5, 0.6) is 0 Å². The molecule has 2 heterocycles. The summed E-state index contributed by atoms with van der Waals surface area (Å²) in [5, 5.41) is 8.64. The lowest BCUT2D eigenvalue weighted by Crippen LogP contribution is -2.34. The normalized spacial score (nSPS) is 25.0. The second-order valence-corrected chi connectivity index (χ2v) is 4.12. The number of nitriles is 1. The van der Waals surface area contributed by atoms with E-state index in [2.05, 4.69) is 9.97 Å². The third kappa shape index (κ3) is 1.84. The fraction of sp³-hybridized carbons (Fsp3) is 0.545. The third-order valence-electron chi connectivity index (χ3n) is 2.89. The fourth-order valence-corrected chi connectivity index (χ4v) is 1.86. The van der Waals surface area contributed by atoms with Gasteiger partial charge in [0, 0.05) is 6.61 Å². The van der Waals surface area contributed by atoms with Crippen LogP contribution in [0.3, 0.4) is 0 Å². The topological polar surface area (TPSA) is 78.8 Å². The van der Waals surface area contributed by atoms with E-state index in [-0.39, 0.29) is 5.56 Å². The molecule has 0 spiro atoms. The summed E-state index contributed by atoms with van der Waals surface area (Å²) in [7, 11) is 0. The molecule has 1 unspecified atom stereocenters. The molecule has 1 N–H and O–H groups in total. The van der Waals surface area contributed by atoms with Crippen LogP contribution in [0.15, 0.2) is 11.0 Å². The van der Waals surface area contributed by atoms with Crippen LogP contribution < -0.4 is 5.56 Å². The molecule has 0 amide bonds. The fourth-order valence-electron chi connectivity index (χ4n) is 1.86. The molecule has 16 heavy (non-hydrogen) atoms. The number of H-pyrrole nitrogens is 1. The van der Waals surface area contributed by atoms with Crippen LogP contribution in [0.25, 0.3) is 0 Å². The van der Waals surface area contributed by atoms with Crippen LogP contribution in [0.2, 0.25) is 0 Å². The highest BCUT2D eigenvalue weighted by molar-refractivity contribution is 5.23. The van der Waals surface area contributed by atoms with Crippen LogP contribution in [0, 0.1) is 11.3 Å². The SMILES string of the molecule is CC1(c2ncc(C#N)c(=O)[nH]2)CCCCO1. The Morgan fingerprint density at radius 1 is 1.62 bits per heavy atom. The van der Waals surface area contributed by atoms with Gasteiger partial charge in [-0.1, -0.05) is 0 Å². The van der Waals surface area contributed by atoms with Crippen molar-refractivity contribution in [3.8, 4) is 6.07 Å². The Morgan fingerprint density at radius 2 is 2.44 bits per heavy atom. The molecule has 5 heteroatoms. The van der Waals surface area contributed by atoms with Gasteiger partial charge in [-0.3, -0.25) is 4.79 Å². The van der Waals surface area contributed by atoms with Gasteiger partial charge in [0.05, 0.1) is 6.20 Å². The Balaban J connectivity index is 2.37. The van der Waals surface area contributed by atoms with E-state index < -0.39 is 11.2 Å². The van der Waals surface area contributed by atoms with Gasteiger partial charge in [0.15, 0.2) is 0 Å². The number of nitrogens with zero attached hydrogens (tertiary/aromatic N) is 2. The zero-order valence-corrected chi connectivity index (χ0v) is 9.12. The summed E-state index contributed by atoms with van der Waals surface area (Å²) in [6.45, 7) is 2.59. The molecule has 1 aromatic heterocycles. The van der Waals surface area contributed by atoms with E-state index in [0.29, 0.717) is 12.4 Å². The van der Waals surface area contributed by atoms with Gasteiger partial charge >= 0.3 is 0 Å². The second-order valence-electron chi connectivity index (χ2n) is 4.12. The van der Waals surface area contributed by atoms with Crippen LogP contribution in [0.4, 0.5) is 0 Å². The smallest absolute Gasteiger partial charge is 0.268 e. The molecule has 1 fully saturated rings. The predicted molar refractivity (Wildman–Crippen MR) is 56.7 cm³/mol. The molecule has 84 valence electrons. The maximum Gasteiger partial charge on any atom is 0.268 e. The number of hydrogen-bond acceptors (Lipinski definition) is 4. The van der Waals surface area contributed by atoms with Gasteiger partial charge in [-0.05, 0) is 26.2 Å².